The Morgan fingerprint density at radius 1 is 1.24 bits per heavy atom. The minimum absolute atomic E-state index is 0.0928. The van der Waals surface area contributed by atoms with Crippen molar-refractivity contribution in [3.05, 3.63) is 0 Å². The van der Waals surface area contributed by atoms with E-state index in [1.165, 1.54) is 0 Å². The van der Waals surface area contributed by atoms with Gasteiger partial charge in [0.15, 0.2) is 6.29 Å². The molecule has 0 unspecified atom stereocenters. The summed E-state index contributed by atoms with van der Waals surface area (Å²) in [6.07, 6.45) is 0.146. The third-order valence-corrected chi connectivity index (χ3v) is 3.88. The molecule has 0 saturated carbocycles. The van der Waals surface area contributed by atoms with E-state index in [4.69, 9.17) is 14.2 Å². The molecule has 0 spiro atoms. The monoisotopic (exact) mass is 245 g/mol. The molecule has 0 aromatic carbocycles. The Labute approximate surface area is 103 Å². The predicted molar refractivity (Wildman–Crippen MR) is 62.7 cm³/mol. The summed E-state index contributed by atoms with van der Waals surface area (Å²) in [7, 11) is 1.66. The van der Waals surface area contributed by atoms with Crippen molar-refractivity contribution in [1.29, 1.82) is 0 Å². The van der Waals surface area contributed by atoms with Crippen LogP contribution in [0, 0.1) is 0 Å². The summed E-state index contributed by atoms with van der Waals surface area (Å²) in [5.74, 6) is 0. The van der Waals surface area contributed by atoms with E-state index in [0.29, 0.717) is 13.2 Å². The van der Waals surface area contributed by atoms with Gasteiger partial charge in [-0.25, -0.2) is 0 Å². The van der Waals surface area contributed by atoms with Crippen LogP contribution in [-0.2, 0) is 14.2 Å². The normalized spacial score (nSPS) is 44.8. The first kappa shape index (κ1) is 13.2. The third kappa shape index (κ3) is 2.63. The smallest absolute Gasteiger partial charge is 0.172 e. The largest absolute Gasteiger partial charge is 0.389 e. The van der Waals surface area contributed by atoms with Crippen molar-refractivity contribution in [2.24, 2.45) is 0 Å². The van der Waals surface area contributed by atoms with Crippen LogP contribution in [0.2, 0.25) is 0 Å². The van der Waals surface area contributed by atoms with E-state index in [-0.39, 0.29) is 24.5 Å². The lowest BCUT2D eigenvalue weighted by Gasteiger charge is -2.47. The van der Waals surface area contributed by atoms with Crippen LogP contribution >= 0.6 is 0 Å². The number of nitrogens with zero attached hydrogens (tertiary/aromatic N) is 1. The molecule has 100 valence electrons. The summed E-state index contributed by atoms with van der Waals surface area (Å²) in [6, 6.07) is 0.314. The molecule has 0 bridgehead atoms. The quantitative estimate of drug-likeness (QED) is 0.754. The predicted octanol–water partition coefficient (Wildman–Crippen LogP) is 0.218. The molecular weight excluding hydrogens is 222 g/mol. The number of rotatable bonds is 2. The molecular formula is C12H23NO4. The van der Waals surface area contributed by atoms with Crippen molar-refractivity contribution in [2.45, 2.75) is 50.8 Å². The molecule has 1 N–H and O–H groups in total. The van der Waals surface area contributed by atoms with Crippen LogP contribution in [0.25, 0.3) is 0 Å². The Hall–Kier alpha value is -0.200. The number of morpholine rings is 1. The summed E-state index contributed by atoms with van der Waals surface area (Å²) in [5.41, 5.74) is 0. The molecule has 0 aromatic heterocycles. The van der Waals surface area contributed by atoms with E-state index in [1.807, 2.05) is 6.92 Å². The minimum Gasteiger partial charge on any atom is -0.389 e. The van der Waals surface area contributed by atoms with Crippen molar-refractivity contribution < 1.29 is 19.3 Å². The van der Waals surface area contributed by atoms with Crippen LogP contribution in [0.5, 0.6) is 0 Å². The van der Waals surface area contributed by atoms with E-state index in [9.17, 15) is 5.11 Å². The average Bonchev–Trinajstić information content (AvgIpc) is 2.33. The van der Waals surface area contributed by atoms with Gasteiger partial charge in [-0.1, -0.05) is 0 Å². The maximum Gasteiger partial charge on any atom is 0.172 e. The fourth-order valence-corrected chi connectivity index (χ4v) is 2.83. The molecule has 2 fully saturated rings. The number of ether oxygens (including phenoxy) is 3. The summed E-state index contributed by atoms with van der Waals surface area (Å²) in [6.45, 7) is 6.22. The standard InChI is InChI=1S/C12H23NO4/c1-8-12(15-3)17-7-5-13(8)10-4-6-16-9(2)11(10)14/h8-12,14H,4-7H2,1-3H3/t8-,9+,10+,11-,12+/m1/s1. The first-order valence-corrected chi connectivity index (χ1v) is 6.35. The molecule has 0 aliphatic carbocycles. The van der Waals surface area contributed by atoms with Gasteiger partial charge in [-0.05, 0) is 20.3 Å². The van der Waals surface area contributed by atoms with Gasteiger partial charge in [0.05, 0.1) is 24.9 Å². The Balaban J connectivity index is 2.04. The summed E-state index contributed by atoms with van der Waals surface area (Å²) in [4.78, 5) is 2.29. The van der Waals surface area contributed by atoms with E-state index >= 15 is 0 Å². The lowest BCUT2D eigenvalue weighted by Crippen LogP contribution is -2.61. The highest BCUT2D eigenvalue weighted by Gasteiger charge is 2.40. The SMILES string of the molecule is CO[C@H]1OCCN([C@H]2CCO[C@@H](C)[C@H]2O)[C@@H]1C. The first-order chi connectivity index (χ1) is 8.15. The molecule has 5 heteroatoms. The van der Waals surface area contributed by atoms with Crippen LogP contribution < -0.4 is 0 Å². The Morgan fingerprint density at radius 3 is 2.71 bits per heavy atom. The van der Waals surface area contributed by atoms with Crippen LogP contribution in [-0.4, -0.2) is 67.5 Å². The number of hydrogen-bond acceptors (Lipinski definition) is 5. The van der Waals surface area contributed by atoms with Crippen LogP contribution in [0.3, 0.4) is 0 Å². The lowest BCUT2D eigenvalue weighted by molar-refractivity contribution is -0.215. The van der Waals surface area contributed by atoms with Crippen molar-refractivity contribution in [2.75, 3.05) is 26.9 Å². The van der Waals surface area contributed by atoms with E-state index in [1.54, 1.807) is 7.11 Å². The molecule has 5 nitrogen and oxygen atoms in total. The van der Waals surface area contributed by atoms with E-state index in [2.05, 4.69) is 11.8 Å². The Kier molecular flexibility index (Phi) is 4.38. The second kappa shape index (κ2) is 5.63. The van der Waals surface area contributed by atoms with Gasteiger partial charge in [-0.3, -0.25) is 4.90 Å². The van der Waals surface area contributed by atoms with E-state index < -0.39 is 6.10 Å². The molecule has 2 aliphatic rings. The molecule has 2 rings (SSSR count). The van der Waals surface area contributed by atoms with E-state index in [0.717, 1.165) is 13.0 Å². The molecule has 2 saturated heterocycles. The van der Waals surface area contributed by atoms with Crippen molar-refractivity contribution in [1.82, 2.24) is 4.90 Å². The van der Waals surface area contributed by atoms with Crippen LogP contribution in [0.1, 0.15) is 20.3 Å². The third-order valence-electron chi connectivity index (χ3n) is 3.88. The second-order valence-corrected chi connectivity index (χ2v) is 4.88. The molecule has 2 heterocycles. The van der Waals surface area contributed by atoms with Crippen molar-refractivity contribution in [3.63, 3.8) is 0 Å². The van der Waals surface area contributed by atoms with Gasteiger partial charge < -0.3 is 19.3 Å². The zero-order valence-electron chi connectivity index (χ0n) is 10.8. The minimum atomic E-state index is -0.429. The van der Waals surface area contributed by atoms with Crippen molar-refractivity contribution >= 4 is 0 Å². The van der Waals surface area contributed by atoms with Gasteiger partial charge in [-0.15, -0.1) is 0 Å². The summed E-state index contributed by atoms with van der Waals surface area (Å²) in [5, 5.41) is 10.2. The molecule has 0 amide bonds. The first-order valence-electron chi connectivity index (χ1n) is 6.35. The Morgan fingerprint density at radius 2 is 2.00 bits per heavy atom. The van der Waals surface area contributed by atoms with Crippen LogP contribution in [0.4, 0.5) is 0 Å². The zero-order valence-corrected chi connectivity index (χ0v) is 10.8. The molecule has 17 heavy (non-hydrogen) atoms. The van der Waals surface area contributed by atoms with Gasteiger partial charge in [0.25, 0.3) is 0 Å². The summed E-state index contributed by atoms with van der Waals surface area (Å²) < 4.78 is 16.3. The zero-order chi connectivity index (χ0) is 12.4. The molecule has 2 aliphatic heterocycles. The van der Waals surface area contributed by atoms with Gasteiger partial charge >= 0.3 is 0 Å². The molecule has 0 aromatic rings. The number of aliphatic hydroxyl groups excluding tert-OH is 1. The number of methoxy groups -OCH3 is 1. The molecule has 0 radical (unpaired) electrons. The number of aliphatic hydroxyl groups is 1. The maximum absolute atomic E-state index is 10.2. The highest BCUT2D eigenvalue weighted by Crippen LogP contribution is 2.25. The summed E-state index contributed by atoms with van der Waals surface area (Å²) >= 11 is 0. The van der Waals surface area contributed by atoms with Crippen LogP contribution in [0.15, 0.2) is 0 Å². The highest BCUT2D eigenvalue weighted by atomic mass is 16.7. The fourth-order valence-electron chi connectivity index (χ4n) is 2.83. The van der Waals surface area contributed by atoms with Gasteiger partial charge in [0, 0.05) is 26.3 Å². The Bertz CT molecular complexity index is 251. The second-order valence-electron chi connectivity index (χ2n) is 4.88. The number of hydrogen-bond donors (Lipinski definition) is 1. The lowest BCUT2D eigenvalue weighted by atomic mass is 9.97. The maximum atomic E-state index is 10.2. The van der Waals surface area contributed by atoms with Crippen molar-refractivity contribution in [3.8, 4) is 0 Å². The fraction of sp³-hybridized carbons (Fsp3) is 1.00. The van der Waals surface area contributed by atoms with Gasteiger partial charge in [-0.2, -0.15) is 0 Å². The average molecular weight is 245 g/mol. The van der Waals surface area contributed by atoms with Gasteiger partial charge in [0.2, 0.25) is 0 Å². The van der Waals surface area contributed by atoms with Gasteiger partial charge in [0.1, 0.15) is 0 Å². The topological polar surface area (TPSA) is 51.2 Å². The highest BCUT2D eigenvalue weighted by molar-refractivity contribution is 4.90. The molecule has 5 atom stereocenters.